The van der Waals surface area contributed by atoms with E-state index in [0.717, 1.165) is 24.6 Å². The van der Waals surface area contributed by atoms with Gasteiger partial charge in [-0.25, -0.2) is 9.97 Å². The minimum atomic E-state index is -0.469. The predicted molar refractivity (Wildman–Crippen MR) is 79.9 cm³/mol. The van der Waals surface area contributed by atoms with E-state index >= 15 is 0 Å². The molecule has 3 rings (SSSR count). The average Bonchev–Trinajstić information content (AvgIpc) is 3.03. The molecule has 0 unspecified atom stereocenters. The van der Waals surface area contributed by atoms with Gasteiger partial charge in [0.2, 0.25) is 0 Å². The van der Waals surface area contributed by atoms with Crippen molar-refractivity contribution in [3.8, 4) is 0 Å². The second kappa shape index (κ2) is 5.74. The van der Waals surface area contributed by atoms with Gasteiger partial charge in [0, 0.05) is 19.2 Å². The summed E-state index contributed by atoms with van der Waals surface area (Å²) < 4.78 is 0. The first-order valence-corrected chi connectivity index (χ1v) is 6.81. The molecule has 108 valence electrons. The van der Waals surface area contributed by atoms with Crippen LogP contribution in [0.15, 0.2) is 36.7 Å². The molecule has 0 aromatic carbocycles. The molecule has 21 heavy (non-hydrogen) atoms. The Balaban J connectivity index is 1.68. The first-order valence-electron chi connectivity index (χ1n) is 6.81. The van der Waals surface area contributed by atoms with Gasteiger partial charge in [0.05, 0.1) is 16.8 Å². The van der Waals surface area contributed by atoms with Crippen LogP contribution in [0.1, 0.15) is 12.8 Å². The van der Waals surface area contributed by atoms with Gasteiger partial charge in [-0.2, -0.15) is 0 Å². The fourth-order valence-corrected chi connectivity index (χ4v) is 2.31. The number of hydrogen-bond acceptors (Lipinski definition) is 6. The van der Waals surface area contributed by atoms with Gasteiger partial charge in [-0.05, 0) is 31.0 Å². The third kappa shape index (κ3) is 3.07. The van der Waals surface area contributed by atoms with Crippen molar-refractivity contribution >= 4 is 23.0 Å². The minimum Gasteiger partial charge on any atom is -0.357 e. The third-order valence-electron chi connectivity index (χ3n) is 3.41. The smallest absolute Gasteiger partial charge is 0.287 e. The molecule has 7 heteroatoms. The molecule has 0 amide bonds. The van der Waals surface area contributed by atoms with Crippen LogP contribution in [-0.4, -0.2) is 28.0 Å². The van der Waals surface area contributed by atoms with Gasteiger partial charge in [-0.3, -0.25) is 10.1 Å². The summed E-state index contributed by atoms with van der Waals surface area (Å²) in [6.07, 6.45) is 5.41. The molecule has 7 nitrogen and oxygen atoms in total. The molecule has 0 radical (unpaired) electrons. The molecule has 2 aromatic heterocycles. The summed E-state index contributed by atoms with van der Waals surface area (Å²) in [5.41, 5.74) is 0.780. The molecule has 0 bridgehead atoms. The number of pyridine rings is 2. The summed E-state index contributed by atoms with van der Waals surface area (Å²) in [6, 6.07) is 6.90. The van der Waals surface area contributed by atoms with Crippen LogP contribution >= 0.6 is 0 Å². The van der Waals surface area contributed by atoms with E-state index in [4.69, 9.17) is 0 Å². The van der Waals surface area contributed by atoms with E-state index in [1.807, 2.05) is 12.1 Å². The lowest BCUT2D eigenvalue weighted by molar-refractivity contribution is -0.385. The Morgan fingerprint density at radius 2 is 1.90 bits per heavy atom. The molecule has 1 aliphatic heterocycles. The van der Waals surface area contributed by atoms with Crippen LogP contribution in [0.3, 0.4) is 0 Å². The number of nitrogens with zero attached hydrogens (tertiary/aromatic N) is 4. The molecule has 0 aliphatic carbocycles. The van der Waals surface area contributed by atoms with E-state index in [-0.39, 0.29) is 5.69 Å². The second-order valence-corrected chi connectivity index (χ2v) is 4.88. The third-order valence-corrected chi connectivity index (χ3v) is 3.41. The maximum Gasteiger partial charge on any atom is 0.287 e. The molecule has 0 spiro atoms. The Hall–Kier alpha value is -2.70. The van der Waals surface area contributed by atoms with Gasteiger partial charge < -0.3 is 10.2 Å². The molecular weight excluding hydrogens is 270 g/mol. The van der Waals surface area contributed by atoms with Crippen molar-refractivity contribution in [3.05, 3.63) is 46.8 Å². The normalized spacial score (nSPS) is 14.2. The van der Waals surface area contributed by atoms with Crippen molar-refractivity contribution in [2.75, 3.05) is 23.3 Å². The average molecular weight is 285 g/mol. The summed E-state index contributed by atoms with van der Waals surface area (Å²) in [5, 5.41) is 13.6. The van der Waals surface area contributed by atoms with E-state index < -0.39 is 4.92 Å². The summed E-state index contributed by atoms with van der Waals surface area (Å²) in [7, 11) is 0. The molecule has 1 N–H and O–H groups in total. The van der Waals surface area contributed by atoms with E-state index in [0.29, 0.717) is 5.82 Å². The number of anilines is 3. The molecule has 3 heterocycles. The van der Waals surface area contributed by atoms with Gasteiger partial charge in [-0.1, -0.05) is 0 Å². The summed E-state index contributed by atoms with van der Waals surface area (Å²) in [6.45, 7) is 2.12. The Labute approximate surface area is 121 Å². The number of nitro groups is 1. The zero-order valence-corrected chi connectivity index (χ0v) is 11.4. The van der Waals surface area contributed by atoms with Crippen LogP contribution in [0.5, 0.6) is 0 Å². The standard InChI is InChI=1S/C14H15N5O2/c20-19(21)12-4-5-13(15-10-12)17-11-3-6-14(16-9-11)18-7-1-2-8-18/h3-6,9-10H,1-2,7-8H2,(H,15,17). The SMILES string of the molecule is O=[N+]([O-])c1ccc(Nc2ccc(N3CCCC3)nc2)nc1. The lowest BCUT2D eigenvalue weighted by Crippen LogP contribution is -2.18. The summed E-state index contributed by atoms with van der Waals surface area (Å²) in [5.74, 6) is 1.53. The van der Waals surface area contributed by atoms with Gasteiger partial charge in [0.25, 0.3) is 5.69 Å². The lowest BCUT2D eigenvalue weighted by Gasteiger charge is -2.16. The quantitative estimate of drug-likeness (QED) is 0.687. The predicted octanol–water partition coefficient (Wildman–Crippen LogP) is 2.73. The van der Waals surface area contributed by atoms with Crippen molar-refractivity contribution in [1.82, 2.24) is 9.97 Å². The zero-order chi connectivity index (χ0) is 14.7. The maximum atomic E-state index is 10.6. The molecule has 1 aliphatic rings. The zero-order valence-electron chi connectivity index (χ0n) is 11.4. The van der Waals surface area contributed by atoms with E-state index in [1.54, 1.807) is 12.3 Å². The molecule has 2 aromatic rings. The van der Waals surface area contributed by atoms with Crippen LogP contribution in [0.4, 0.5) is 23.0 Å². The maximum absolute atomic E-state index is 10.6. The van der Waals surface area contributed by atoms with Crippen molar-refractivity contribution in [1.29, 1.82) is 0 Å². The number of rotatable bonds is 4. The Morgan fingerprint density at radius 1 is 1.10 bits per heavy atom. The van der Waals surface area contributed by atoms with Crippen molar-refractivity contribution in [2.45, 2.75) is 12.8 Å². The molecular formula is C14H15N5O2. The highest BCUT2D eigenvalue weighted by molar-refractivity contribution is 5.58. The first-order chi connectivity index (χ1) is 10.2. The van der Waals surface area contributed by atoms with Gasteiger partial charge >= 0.3 is 0 Å². The second-order valence-electron chi connectivity index (χ2n) is 4.88. The van der Waals surface area contributed by atoms with Crippen LogP contribution in [0.25, 0.3) is 0 Å². The number of hydrogen-bond donors (Lipinski definition) is 1. The van der Waals surface area contributed by atoms with E-state index in [9.17, 15) is 10.1 Å². The summed E-state index contributed by atoms with van der Waals surface area (Å²) >= 11 is 0. The monoisotopic (exact) mass is 285 g/mol. The largest absolute Gasteiger partial charge is 0.357 e. The van der Waals surface area contributed by atoms with Crippen molar-refractivity contribution < 1.29 is 4.92 Å². The highest BCUT2D eigenvalue weighted by Crippen LogP contribution is 2.21. The Bertz CT molecular complexity index is 621. The van der Waals surface area contributed by atoms with Gasteiger partial charge in [0.1, 0.15) is 17.8 Å². The van der Waals surface area contributed by atoms with Crippen molar-refractivity contribution in [3.63, 3.8) is 0 Å². The topological polar surface area (TPSA) is 84.2 Å². The molecule has 0 atom stereocenters. The highest BCUT2D eigenvalue weighted by Gasteiger charge is 2.13. The fourth-order valence-electron chi connectivity index (χ4n) is 2.31. The van der Waals surface area contributed by atoms with Crippen molar-refractivity contribution in [2.24, 2.45) is 0 Å². The van der Waals surface area contributed by atoms with Crippen LogP contribution in [-0.2, 0) is 0 Å². The minimum absolute atomic E-state index is 0.0249. The Kier molecular flexibility index (Phi) is 3.63. The number of nitrogens with one attached hydrogen (secondary N) is 1. The Morgan fingerprint density at radius 3 is 2.48 bits per heavy atom. The van der Waals surface area contributed by atoms with E-state index in [1.165, 1.54) is 25.1 Å². The summed E-state index contributed by atoms with van der Waals surface area (Å²) in [4.78, 5) is 20.8. The van der Waals surface area contributed by atoms with E-state index in [2.05, 4.69) is 20.2 Å². The van der Waals surface area contributed by atoms with Gasteiger partial charge in [0.15, 0.2) is 0 Å². The lowest BCUT2D eigenvalue weighted by atomic mass is 10.3. The van der Waals surface area contributed by atoms with Crippen LogP contribution in [0, 0.1) is 10.1 Å². The molecule has 0 saturated carbocycles. The first kappa shape index (κ1) is 13.3. The fraction of sp³-hybridized carbons (Fsp3) is 0.286. The number of aromatic nitrogens is 2. The molecule has 1 saturated heterocycles. The van der Waals surface area contributed by atoms with Crippen LogP contribution < -0.4 is 10.2 Å². The van der Waals surface area contributed by atoms with Gasteiger partial charge in [-0.15, -0.1) is 0 Å². The molecule has 1 fully saturated rings. The van der Waals surface area contributed by atoms with Crippen LogP contribution in [0.2, 0.25) is 0 Å². The highest BCUT2D eigenvalue weighted by atomic mass is 16.6.